The summed E-state index contributed by atoms with van der Waals surface area (Å²) < 4.78 is 0. The topological polar surface area (TPSA) is 464 Å². The second kappa shape index (κ2) is 32.2. The number of guanidine groups is 1. The minimum atomic E-state index is -2.10. The van der Waals surface area contributed by atoms with Gasteiger partial charge in [0.15, 0.2) is 5.96 Å². The third-order valence-corrected chi connectivity index (χ3v) is 12.6. The van der Waals surface area contributed by atoms with Gasteiger partial charge < -0.3 is 79.7 Å². The van der Waals surface area contributed by atoms with Crippen molar-refractivity contribution in [3.63, 3.8) is 0 Å². The predicted octanol–water partition coefficient (Wildman–Crippen LogP) is -2.56. The van der Waals surface area contributed by atoms with Crippen molar-refractivity contribution in [1.82, 2.24) is 42.1 Å². The number of nitrogens with one attached hydrogen (secondary N) is 7. The van der Waals surface area contributed by atoms with Gasteiger partial charge in [0.25, 0.3) is 0 Å². The first kappa shape index (κ1) is 65.9. The lowest BCUT2D eigenvalue weighted by Gasteiger charge is -2.31. The fourth-order valence-corrected chi connectivity index (χ4v) is 7.85. The van der Waals surface area contributed by atoms with Gasteiger partial charge in [-0.3, -0.25) is 57.7 Å². The van der Waals surface area contributed by atoms with E-state index in [1.807, 2.05) is 6.92 Å². The summed E-state index contributed by atoms with van der Waals surface area (Å²) in [6.07, 6.45) is -2.45. The Hall–Kier alpha value is -7.13. The van der Waals surface area contributed by atoms with Crippen LogP contribution in [0.5, 0.6) is 0 Å². The summed E-state index contributed by atoms with van der Waals surface area (Å²) in [6.45, 7) is 13.6. The molecule has 1 saturated heterocycles. The molecule has 424 valence electrons. The molecule has 0 aromatic carbocycles. The van der Waals surface area contributed by atoms with Crippen LogP contribution < -0.4 is 54.4 Å². The van der Waals surface area contributed by atoms with E-state index < -0.39 is 163 Å². The van der Waals surface area contributed by atoms with E-state index in [-0.39, 0.29) is 56.6 Å². The number of likely N-dealkylation sites (tertiary alicyclic amines) is 1. The van der Waals surface area contributed by atoms with E-state index in [1.54, 1.807) is 48.5 Å². The average Bonchev–Trinajstić information content (AvgIpc) is 3.82. The second-order valence-corrected chi connectivity index (χ2v) is 19.6. The summed E-state index contributed by atoms with van der Waals surface area (Å²) in [5.74, 6) is -15.9. The Kier molecular flexibility index (Phi) is 28.3. The molecule has 28 nitrogen and oxygen atoms in total. The van der Waals surface area contributed by atoms with Crippen LogP contribution in [-0.4, -0.2) is 170 Å². The number of amides is 8. The summed E-state index contributed by atoms with van der Waals surface area (Å²) in [6, 6.07) is -13.5. The molecule has 28 heteroatoms. The van der Waals surface area contributed by atoms with Crippen molar-refractivity contribution in [3.8, 4) is 0 Å². The van der Waals surface area contributed by atoms with E-state index in [4.69, 9.17) is 17.2 Å². The molecule has 0 aromatic heterocycles. The highest BCUT2D eigenvalue weighted by Gasteiger charge is 2.41. The van der Waals surface area contributed by atoms with Gasteiger partial charge in [-0.1, -0.05) is 68.2 Å². The Balaban J connectivity index is 3.58. The number of carbonyl (C=O) groups is 12. The van der Waals surface area contributed by atoms with E-state index in [1.165, 1.54) is 4.90 Å². The summed E-state index contributed by atoms with van der Waals surface area (Å²) >= 11 is 0. The van der Waals surface area contributed by atoms with Crippen molar-refractivity contribution >= 4 is 77.1 Å². The summed E-state index contributed by atoms with van der Waals surface area (Å²) in [5.41, 5.74) is 17.0. The van der Waals surface area contributed by atoms with E-state index >= 15 is 0 Å². The number of aliphatic imine (C=N–C) groups is 1. The standard InChI is InChI=1S/C47H80N12O16/c1-9-24(7)35(48)43(71)58-37(25(8)10-2)44(72)53-27(15-16-32(60)61)39(67)54-29(21-34(64)65)41(69)55-28(20-33(62)63)40(68)52-26(13-11-17-51-47(49)50)38(66)56-30(19-22(3)4)45(73)59-18-12-14-31(59)42(70)57-36(23(5)6)46(74)75/h22-31,35-37H,9-21,48H2,1-8H3,(H,52,68)(H,53,72)(H,54,67)(H,55,69)(H,56,66)(H,57,70)(H,58,71)(H,60,61)(H,62,63)(H,64,65)(H,74,75)(H4,49,50,51). The molecular formula is C47H80N12O16. The summed E-state index contributed by atoms with van der Waals surface area (Å²) in [4.78, 5) is 163. The van der Waals surface area contributed by atoms with Crippen LogP contribution in [0, 0.1) is 23.7 Å². The second-order valence-electron chi connectivity index (χ2n) is 19.6. The molecule has 1 fully saturated rings. The van der Waals surface area contributed by atoms with Crippen LogP contribution in [0.4, 0.5) is 0 Å². The average molecular weight is 1070 g/mol. The third kappa shape index (κ3) is 22.9. The van der Waals surface area contributed by atoms with Crippen LogP contribution in [0.15, 0.2) is 4.99 Å². The zero-order valence-electron chi connectivity index (χ0n) is 44.0. The number of hydrogen-bond donors (Lipinski definition) is 14. The molecule has 0 spiro atoms. The van der Waals surface area contributed by atoms with Gasteiger partial charge in [0.05, 0.1) is 18.9 Å². The molecule has 1 aliphatic rings. The Bertz CT molecular complexity index is 2070. The fourth-order valence-electron chi connectivity index (χ4n) is 7.85. The number of nitrogens with two attached hydrogens (primary N) is 3. The Morgan fingerprint density at radius 2 is 1.07 bits per heavy atom. The first-order valence-corrected chi connectivity index (χ1v) is 25.1. The van der Waals surface area contributed by atoms with Crippen LogP contribution in [0.3, 0.4) is 0 Å². The van der Waals surface area contributed by atoms with Gasteiger partial charge in [-0.15, -0.1) is 0 Å². The van der Waals surface area contributed by atoms with Crippen LogP contribution in [0.2, 0.25) is 0 Å². The quantitative estimate of drug-likeness (QED) is 0.0179. The van der Waals surface area contributed by atoms with Crippen molar-refractivity contribution in [2.45, 2.75) is 180 Å². The Labute approximate surface area is 435 Å². The molecule has 0 radical (unpaired) electrons. The minimum Gasteiger partial charge on any atom is -0.481 e. The smallest absolute Gasteiger partial charge is 0.326 e. The van der Waals surface area contributed by atoms with Gasteiger partial charge in [-0.25, -0.2) is 4.79 Å². The van der Waals surface area contributed by atoms with Crippen LogP contribution >= 0.6 is 0 Å². The number of carboxylic acid groups (broad SMARTS) is 4. The monoisotopic (exact) mass is 1070 g/mol. The fraction of sp³-hybridized carbons (Fsp3) is 0.723. The lowest BCUT2D eigenvalue weighted by Crippen LogP contribution is -2.61. The highest BCUT2D eigenvalue weighted by molar-refractivity contribution is 6.00. The van der Waals surface area contributed by atoms with Gasteiger partial charge in [0.1, 0.15) is 48.3 Å². The number of carboxylic acids is 4. The molecule has 0 saturated carbocycles. The molecule has 17 N–H and O–H groups in total. The molecule has 1 aliphatic heterocycles. The lowest BCUT2D eigenvalue weighted by molar-refractivity contribution is -0.146. The Morgan fingerprint density at radius 3 is 1.52 bits per heavy atom. The molecule has 8 amide bonds. The summed E-state index contributed by atoms with van der Waals surface area (Å²) in [7, 11) is 0. The first-order chi connectivity index (χ1) is 34.9. The highest BCUT2D eigenvalue weighted by Crippen LogP contribution is 2.22. The molecule has 0 aromatic rings. The van der Waals surface area contributed by atoms with Gasteiger partial charge >= 0.3 is 23.9 Å². The Morgan fingerprint density at radius 1 is 0.587 bits per heavy atom. The zero-order valence-corrected chi connectivity index (χ0v) is 44.0. The third-order valence-electron chi connectivity index (χ3n) is 12.6. The largest absolute Gasteiger partial charge is 0.481 e. The molecule has 11 unspecified atom stereocenters. The van der Waals surface area contributed by atoms with Crippen molar-refractivity contribution in [1.29, 1.82) is 0 Å². The zero-order chi connectivity index (χ0) is 57.4. The maximum Gasteiger partial charge on any atom is 0.326 e. The van der Waals surface area contributed by atoms with E-state index in [9.17, 15) is 78.0 Å². The van der Waals surface area contributed by atoms with Gasteiger partial charge in [0, 0.05) is 19.5 Å². The van der Waals surface area contributed by atoms with Crippen molar-refractivity contribution in [2.24, 2.45) is 45.9 Å². The van der Waals surface area contributed by atoms with Gasteiger partial charge in [0.2, 0.25) is 47.3 Å². The maximum atomic E-state index is 14.2. The number of rotatable bonds is 34. The minimum absolute atomic E-state index is 0.00631. The molecule has 0 aliphatic carbocycles. The molecule has 1 rings (SSSR count). The number of aliphatic carboxylic acids is 4. The van der Waals surface area contributed by atoms with Crippen molar-refractivity contribution < 1.29 is 78.0 Å². The van der Waals surface area contributed by atoms with E-state index in [0.29, 0.717) is 19.3 Å². The first-order valence-electron chi connectivity index (χ1n) is 25.1. The van der Waals surface area contributed by atoms with E-state index in [0.717, 1.165) is 0 Å². The number of nitrogens with zero attached hydrogens (tertiary/aromatic N) is 2. The van der Waals surface area contributed by atoms with Crippen molar-refractivity contribution in [2.75, 3.05) is 13.1 Å². The van der Waals surface area contributed by atoms with Crippen LogP contribution in [0.1, 0.15) is 126 Å². The normalized spacial score (nSPS) is 17.2. The highest BCUT2D eigenvalue weighted by atomic mass is 16.4. The van der Waals surface area contributed by atoms with Crippen molar-refractivity contribution in [3.05, 3.63) is 0 Å². The maximum absolute atomic E-state index is 14.2. The molecule has 11 atom stereocenters. The molecule has 75 heavy (non-hydrogen) atoms. The predicted molar refractivity (Wildman–Crippen MR) is 268 cm³/mol. The van der Waals surface area contributed by atoms with Crippen LogP contribution in [-0.2, 0) is 57.5 Å². The number of hydrogen-bond acceptors (Lipinski definition) is 14. The SMILES string of the molecule is CCC(C)C(N)C(=O)NC(C(=O)NC(CCC(=O)O)C(=O)NC(CC(=O)O)C(=O)NC(CC(=O)O)C(=O)NC(CCCN=C(N)N)C(=O)NC(CC(C)C)C(=O)N1CCCC1C(=O)NC(C(=O)O)C(C)C)C(C)CC. The molecular weight excluding hydrogens is 989 g/mol. The number of carbonyl (C=O) groups excluding carboxylic acids is 8. The molecule has 1 heterocycles. The van der Waals surface area contributed by atoms with Crippen LogP contribution in [0.25, 0.3) is 0 Å². The van der Waals surface area contributed by atoms with E-state index in [2.05, 4.69) is 42.2 Å². The lowest BCUT2D eigenvalue weighted by atomic mass is 9.95. The molecule has 0 bridgehead atoms. The van der Waals surface area contributed by atoms with Gasteiger partial charge in [-0.2, -0.15) is 0 Å². The summed E-state index contributed by atoms with van der Waals surface area (Å²) in [5, 5.41) is 55.3. The van der Waals surface area contributed by atoms with Gasteiger partial charge in [-0.05, 0) is 62.2 Å².